The lowest BCUT2D eigenvalue weighted by atomic mass is 10.1. The van der Waals surface area contributed by atoms with E-state index < -0.39 is 17.1 Å². The van der Waals surface area contributed by atoms with E-state index in [1.165, 1.54) is 23.1 Å². The van der Waals surface area contributed by atoms with Crippen LogP contribution in [-0.2, 0) is 9.59 Å². The Labute approximate surface area is 294 Å². The molecule has 3 N–H and O–H groups in total. The molecule has 48 heavy (non-hydrogen) atoms. The molecule has 0 aliphatic carbocycles. The first-order valence-electron chi connectivity index (χ1n) is 14.6. The Balaban J connectivity index is 1.24. The summed E-state index contributed by atoms with van der Waals surface area (Å²) in [6.07, 6.45) is 1.61. The van der Waals surface area contributed by atoms with Crippen molar-refractivity contribution >= 4 is 73.6 Å². The topological polar surface area (TPSA) is 119 Å². The predicted molar refractivity (Wildman–Crippen MR) is 196 cm³/mol. The van der Waals surface area contributed by atoms with Gasteiger partial charge in [-0.2, -0.15) is 0 Å². The van der Waals surface area contributed by atoms with Crippen molar-refractivity contribution in [2.75, 3.05) is 24.9 Å². The smallest absolute Gasteiger partial charge is 0.272 e. The minimum Gasteiger partial charge on any atom is -0.493 e. The van der Waals surface area contributed by atoms with Crippen LogP contribution in [0.2, 0.25) is 0 Å². The molecule has 1 atom stereocenters. The number of halogens is 1. The van der Waals surface area contributed by atoms with Crippen molar-refractivity contribution in [1.29, 1.82) is 0 Å². The summed E-state index contributed by atoms with van der Waals surface area (Å²) in [5.74, 6) is 0.0800. The molecule has 5 rings (SSSR count). The standard InChI is InChI=1S/C36H31BrN4O5S2/c1-22(33(42)41-36-40-30(21-47-36)25-15-16-31(45-2)32(19-25)46-3)48-28-14-8-13-27(20-28)38-35(44)29(18-23-9-7-12-26(37)17-23)39-34(43)24-10-5-4-6-11-24/h4-22H,1-3H3,(H,38,44)(H,39,43)(H,40,41,42)/b29-18+. The number of nitrogens with one attached hydrogen (secondary N) is 3. The maximum absolute atomic E-state index is 13.5. The van der Waals surface area contributed by atoms with Crippen LogP contribution in [0.15, 0.2) is 118 Å². The second-order valence-corrected chi connectivity index (χ2v) is 13.5. The Morgan fingerprint density at radius 1 is 0.875 bits per heavy atom. The fourth-order valence-electron chi connectivity index (χ4n) is 4.47. The van der Waals surface area contributed by atoms with E-state index in [2.05, 4.69) is 36.9 Å². The molecule has 0 saturated heterocycles. The predicted octanol–water partition coefficient (Wildman–Crippen LogP) is 8.12. The normalized spacial score (nSPS) is 11.7. The summed E-state index contributed by atoms with van der Waals surface area (Å²) in [7, 11) is 3.15. The van der Waals surface area contributed by atoms with Gasteiger partial charge in [-0.25, -0.2) is 4.98 Å². The molecular formula is C36H31BrN4O5S2. The second kappa shape index (κ2) is 16.3. The van der Waals surface area contributed by atoms with E-state index >= 15 is 0 Å². The fourth-order valence-corrected chi connectivity index (χ4v) is 6.54. The first-order chi connectivity index (χ1) is 23.2. The molecule has 0 fully saturated rings. The SMILES string of the molecule is COc1ccc(-c2csc(NC(=O)C(C)Sc3cccc(NC(=O)/C(=C\c4cccc(Br)c4)NC(=O)c4ccccc4)c3)n2)cc1OC. The van der Waals surface area contributed by atoms with Gasteiger partial charge in [0.05, 0.1) is 25.2 Å². The minimum absolute atomic E-state index is 0.0728. The third kappa shape index (κ3) is 9.12. The molecule has 3 amide bonds. The van der Waals surface area contributed by atoms with Crippen LogP contribution in [0.1, 0.15) is 22.8 Å². The lowest BCUT2D eigenvalue weighted by Crippen LogP contribution is -2.30. The second-order valence-electron chi connectivity index (χ2n) is 10.3. The molecule has 0 aliphatic rings. The van der Waals surface area contributed by atoms with Crippen LogP contribution in [0.3, 0.4) is 0 Å². The van der Waals surface area contributed by atoms with Crippen LogP contribution < -0.4 is 25.4 Å². The molecule has 244 valence electrons. The number of benzene rings is 4. The summed E-state index contributed by atoms with van der Waals surface area (Å²) in [6, 6.07) is 28.8. The molecule has 0 aliphatic heterocycles. The summed E-state index contributed by atoms with van der Waals surface area (Å²) in [4.78, 5) is 44.9. The number of amides is 3. The number of methoxy groups -OCH3 is 2. The van der Waals surface area contributed by atoms with Gasteiger partial charge in [0.25, 0.3) is 11.8 Å². The zero-order valence-electron chi connectivity index (χ0n) is 26.2. The number of rotatable bonds is 12. The zero-order valence-corrected chi connectivity index (χ0v) is 29.4. The molecule has 1 heterocycles. The summed E-state index contributed by atoms with van der Waals surface area (Å²) in [5.41, 5.74) is 3.26. The molecule has 5 aromatic rings. The van der Waals surface area contributed by atoms with E-state index in [0.717, 1.165) is 20.5 Å². The third-order valence-electron chi connectivity index (χ3n) is 6.88. The first kappa shape index (κ1) is 34.4. The molecule has 4 aromatic carbocycles. The minimum atomic E-state index is -0.499. The van der Waals surface area contributed by atoms with Gasteiger partial charge >= 0.3 is 0 Å². The average Bonchev–Trinajstić information content (AvgIpc) is 3.56. The summed E-state index contributed by atoms with van der Waals surface area (Å²) in [5, 5.41) is 10.4. The Morgan fingerprint density at radius 3 is 2.40 bits per heavy atom. The van der Waals surface area contributed by atoms with Crippen molar-refractivity contribution in [3.05, 3.63) is 124 Å². The van der Waals surface area contributed by atoms with E-state index in [-0.39, 0.29) is 11.6 Å². The molecule has 0 spiro atoms. The number of carbonyl (C=O) groups is 3. The number of hydrogen-bond acceptors (Lipinski definition) is 8. The number of thiazole rings is 1. The van der Waals surface area contributed by atoms with E-state index in [1.807, 2.05) is 53.9 Å². The maximum Gasteiger partial charge on any atom is 0.272 e. The van der Waals surface area contributed by atoms with Gasteiger partial charge in [0.2, 0.25) is 5.91 Å². The number of ether oxygens (including phenoxy) is 2. The molecule has 0 bridgehead atoms. The van der Waals surface area contributed by atoms with Crippen LogP contribution in [0.25, 0.3) is 17.3 Å². The van der Waals surface area contributed by atoms with Gasteiger partial charge in [0, 0.05) is 31.6 Å². The fraction of sp³-hybridized carbons (Fsp3) is 0.111. The van der Waals surface area contributed by atoms with Gasteiger partial charge in [0.15, 0.2) is 16.6 Å². The van der Waals surface area contributed by atoms with Gasteiger partial charge in [-0.1, -0.05) is 52.3 Å². The lowest BCUT2D eigenvalue weighted by Gasteiger charge is -2.14. The Bertz CT molecular complexity index is 1970. The van der Waals surface area contributed by atoms with Gasteiger partial charge < -0.3 is 25.4 Å². The van der Waals surface area contributed by atoms with Crippen molar-refractivity contribution in [2.45, 2.75) is 17.1 Å². The van der Waals surface area contributed by atoms with Crippen LogP contribution in [0, 0.1) is 0 Å². The van der Waals surface area contributed by atoms with Gasteiger partial charge in [-0.15, -0.1) is 23.1 Å². The van der Waals surface area contributed by atoms with E-state index in [0.29, 0.717) is 33.6 Å². The molecule has 9 nitrogen and oxygen atoms in total. The number of nitrogens with zero attached hydrogens (tertiary/aromatic N) is 1. The van der Waals surface area contributed by atoms with Crippen molar-refractivity contribution < 1.29 is 23.9 Å². The highest BCUT2D eigenvalue weighted by atomic mass is 79.9. The molecule has 12 heteroatoms. The van der Waals surface area contributed by atoms with E-state index in [1.54, 1.807) is 75.8 Å². The molecule has 0 radical (unpaired) electrons. The first-order valence-corrected chi connectivity index (χ1v) is 17.2. The van der Waals surface area contributed by atoms with Crippen molar-refractivity contribution in [2.24, 2.45) is 0 Å². The Kier molecular flexibility index (Phi) is 11.7. The van der Waals surface area contributed by atoms with E-state index in [4.69, 9.17) is 9.47 Å². The highest BCUT2D eigenvalue weighted by Gasteiger charge is 2.19. The van der Waals surface area contributed by atoms with Crippen molar-refractivity contribution in [3.63, 3.8) is 0 Å². The van der Waals surface area contributed by atoms with Gasteiger partial charge in [-0.05, 0) is 79.2 Å². The van der Waals surface area contributed by atoms with Crippen molar-refractivity contribution in [3.8, 4) is 22.8 Å². The van der Waals surface area contributed by atoms with E-state index in [9.17, 15) is 14.4 Å². The van der Waals surface area contributed by atoms with Crippen LogP contribution in [0.4, 0.5) is 10.8 Å². The largest absolute Gasteiger partial charge is 0.493 e. The summed E-state index contributed by atoms with van der Waals surface area (Å²) in [6.45, 7) is 1.80. The van der Waals surface area contributed by atoms with Crippen LogP contribution in [-0.4, -0.2) is 42.2 Å². The summed E-state index contributed by atoms with van der Waals surface area (Å²) < 4.78 is 11.5. The Morgan fingerprint density at radius 2 is 1.65 bits per heavy atom. The molecule has 0 saturated carbocycles. The quantitative estimate of drug-likeness (QED) is 0.0873. The summed E-state index contributed by atoms with van der Waals surface area (Å²) >= 11 is 6.11. The third-order valence-corrected chi connectivity index (χ3v) is 9.22. The maximum atomic E-state index is 13.5. The number of thioether (sulfide) groups is 1. The van der Waals surface area contributed by atoms with Gasteiger partial charge in [0.1, 0.15) is 5.70 Å². The lowest BCUT2D eigenvalue weighted by molar-refractivity contribution is -0.115. The number of carbonyl (C=O) groups excluding carboxylic acids is 3. The Hall–Kier alpha value is -4.91. The van der Waals surface area contributed by atoms with Crippen LogP contribution >= 0.6 is 39.0 Å². The van der Waals surface area contributed by atoms with Gasteiger partial charge in [-0.3, -0.25) is 14.4 Å². The average molecular weight is 744 g/mol. The molecular weight excluding hydrogens is 712 g/mol. The zero-order chi connectivity index (χ0) is 34.0. The monoisotopic (exact) mass is 742 g/mol. The van der Waals surface area contributed by atoms with Crippen LogP contribution in [0.5, 0.6) is 11.5 Å². The number of hydrogen-bond donors (Lipinski definition) is 3. The highest BCUT2D eigenvalue weighted by Crippen LogP contribution is 2.34. The highest BCUT2D eigenvalue weighted by molar-refractivity contribution is 9.10. The molecule has 1 unspecified atom stereocenters. The van der Waals surface area contributed by atoms with Crippen molar-refractivity contribution in [1.82, 2.24) is 10.3 Å². The number of anilines is 2. The molecule has 1 aromatic heterocycles. The number of aromatic nitrogens is 1.